The molecule has 2 aromatic rings. The van der Waals surface area contributed by atoms with Gasteiger partial charge in [0.05, 0.1) is 0 Å². The largest absolute Gasteiger partial charge is 0.389 e. The van der Waals surface area contributed by atoms with Gasteiger partial charge in [0, 0.05) is 31.7 Å². The molecule has 0 amide bonds. The van der Waals surface area contributed by atoms with Crippen LogP contribution in [0.5, 0.6) is 0 Å². The van der Waals surface area contributed by atoms with E-state index < -0.39 is 0 Å². The van der Waals surface area contributed by atoms with Gasteiger partial charge in [-0.3, -0.25) is 0 Å². The predicted octanol–water partition coefficient (Wildman–Crippen LogP) is 3.73. The first kappa shape index (κ1) is 14.2. The topological polar surface area (TPSA) is 15.3 Å². The summed E-state index contributed by atoms with van der Waals surface area (Å²) >= 11 is 0. The van der Waals surface area contributed by atoms with Gasteiger partial charge in [0.1, 0.15) is 0 Å². The van der Waals surface area contributed by atoms with Crippen LogP contribution in [0.15, 0.2) is 67.0 Å². The molecule has 0 saturated heterocycles. The molecule has 0 saturated carbocycles. The summed E-state index contributed by atoms with van der Waals surface area (Å²) in [5, 5.41) is 3.34. The lowest BCUT2D eigenvalue weighted by atomic mass is 10.1. The summed E-state index contributed by atoms with van der Waals surface area (Å²) in [4.78, 5) is 2.10. The molecule has 1 N–H and O–H groups in total. The molecule has 0 aromatic heterocycles. The highest BCUT2D eigenvalue weighted by Gasteiger charge is 1.96. The van der Waals surface area contributed by atoms with Gasteiger partial charge in [0.25, 0.3) is 0 Å². The number of aryl methyl sites for hydroxylation is 1. The van der Waals surface area contributed by atoms with Gasteiger partial charge < -0.3 is 10.2 Å². The maximum atomic E-state index is 3.34. The smallest absolute Gasteiger partial charge is 0.0403 e. The first-order valence-electron chi connectivity index (χ1n) is 7.00. The maximum Gasteiger partial charge on any atom is 0.0403 e. The molecule has 0 spiro atoms. The Morgan fingerprint density at radius 3 is 2.45 bits per heavy atom. The Labute approximate surface area is 121 Å². The van der Waals surface area contributed by atoms with Crippen molar-refractivity contribution in [3.05, 3.63) is 78.1 Å². The number of nitrogens with one attached hydrogen (secondary N) is 1. The normalized spacial score (nSPS) is 10.7. The number of anilines is 1. The molecule has 0 aliphatic heterocycles. The molecule has 104 valence electrons. The van der Waals surface area contributed by atoms with Crippen LogP contribution in [0.4, 0.5) is 5.69 Å². The van der Waals surface area contributed by atoms with E-state index in [0.29, 0.717) is 0 Å². The van der Waals surface area contributed by atoms with Gasteiger partial charge in [0.15, 0.2) is 0 Å². The molecule has 0 radical (unpaired) electrons. The monoisotopic (exact) mass is 266 g/mol. The predicted molar refractivity (Wildman–Crippen MR) is 86.9 cm³/mol. The second kappa shape index (κ2) is 7.39. The van der Waals surface area contributed by atoms with Gasteiger partial charge in [-0.2, -0.15) is 0 Å². The molecule has 2 heteroatoms. The minimum atomic E-state index is 0.948. The van der Waals surface area contributed by atoms with E-state index in [0.717, 1.165) is 13.0 Å². The standard InChI is InChI=1S/C18H22N2/c1-16-8-6-7-9-17(16)12-13-19-14-15-20(2)18-10-4-3-5-11-18/h3-11,14-15,19H,12-13H2,1-2H3/b15-14-. The lowest BCUT2D eigenvalue weighted by Gasteiger charge is -2.13. The van der Waals surface area contributed by atoms with Crippen molar-refractivity contribution in [1.29, 1.82) is 0 Å². The summed E-state index contributed by atoms with van der Waals surface area (Å²) in [6, 6.07) is 18.8. The Morgan fingerprint density at radius 1 is 1.00 bits per heavy atom. The van der Waals surface area contributed by atoms with Crippen LogP contribution in [-0.2, 0) is 6.42 Å². The van der Waals surface area contributed by atoms with Crippen LogP contribution < -0.4 is 10.2 Å². The second-order valence-corrected chi connectivity index (χ2v) is 4.89. The van der Waals surface area contributed by atoms with Crippen molar-refractivity contribution in [3.8, 4) is 0 Å². The summed E-state index contributed by atoms with van der Waals surface area (Å²) in [6.45, 7) is 3.11. The molecular formula is C18H22N2. The first-order valence-corrected chi connectivity index (χ1v) is 7.00. The fraction of sp³-hybridized carbons (Fsp3) is 0.222. The number of hydrogen-bond donors (Lipinski definition) is 1. The van der Waals surface area contributed by atoms with Crippen molar-refractivity contribution in [3.63, 3.8) is 0 Å². The van der Waals surface area contributed by atoms with Crippen LogP contribution in [0.1, 0.15) is 11.1 Å². The molecule has 2 nitrogen and oxygen atoms in total. The third kappa shape index (κ3) is 4.16. The third-order valence-electron chi connectivity index (χ3n) is 3.38. The molecular weight excluding hydrogens is 244 g/mol. The van der Waals surface area contributed by atoms with Gasteiger partial charge in [-0.05, 0) is 36.6 Å². The fourth-order valence-electron chi connectivity index (χ4n) is 2.09. The third-order valence-corrected chi connectivity index (χ3v) is 3.38. The van der Waals surface area contributed by atoms with E-state index in [1.54, 1.807) is 0 Å². The van der Waals surface area contributed by atoms with E-state index in [9.17, 15) is 0 Å². The van der Waals surface area contributed by atoms with E-state index in [1.165, 1.54) is 16.8 Å². The Bertz CT molecular complexity index is 546. The summed E-state index contributed by atoms with van der Waals surface area (Å²) < 4.78 is 0. The molecule has 0 unspecified atom stereocenters. The van der Waals surface area contributed by atoms with E-state index >= 15 is 0 Å². The van der Waals surface area contributed by atoms with E-state index in [-0.39, 0.29) is 0 Å². The second-order valence-electron chi connectivity index (χ2n) is 4.89. The first-order chi connectivity index (χ1) is 9.77. The summed E-state index contributed by atoms with van der Waals surface area (Å²) in [5.41, 5.74) is 3.95. The molecule has 0 aliphatic carbocycles. The Morgan fingerprint density at radius 2 is 1.70 bits per heavy atom. The summed E-state index contributed by atoms with van der Waals surface area (Å²) in [6.07, 6.45) is 5.10. The van der Waals surface area contributed by atoms with Crippen LogP contribution in [0, 0.1) is 6.92 Å². The van der Waals surface area contributed by atoms with Crippen molar-refractivity contribution in [1.82, 2.24) is 5.32 Å². The summed E-state index contributed by atoms with van der Waals surface area (Å²) in [7, 11) is 2.05. The highest BCUT2D eigenvalue weighted by atomic mass is 15.1. The fourth-order valence-corrected chi connectivity index (χ4v) is 2.09. The number of hydrogen-bond acceptors (Lipinski definition) is 2. The zero-order valence-corrected chi connectivity index (χ0v) is 12.2. The highest BCUT2D eigenvalue weighted by molar-refractivity contribution is 5.47. The number of rotatable bonds is 6. The van der Waals surface area contributed by atoms with Crippen molar-refractivity contribution >= 4 is 5.69 Å². The van der Waals surface area contributed by atoms with Crippen LogP contribution in [0.25, 0.3) is 0 Å². The van der Waals surface area contributed by atoms with Crippen LogP contribution in [0.3, 0.4) is 0 Å². The number of nitrogens with zero attached hydrogens (tertiary/aromatic N) is 1. The van der Waals surface area contributed by atoms with Crippen molar-refractivity contribution < 1.29 is 0 Å². The van der Waals surface area contributed by atoms with Gasteiger partial charge in [-0.15, -0.1) is 0 Å². The molecule has 20 heavy (non-hydrogen) atoms. The Balaban J connectivity index is 1.76. The Kier molecular flexibility index (Phi) is 5.24. The minimum Gasteiger partial charge on any atom is -0.389 e. The van der Waals surface area contributed by atoms with Gasteiger partial charge >= 0.3 is 0 Å². The summed E-state index contributed by atoms with van der Waals surface area (Å²) in [5.74, 6) is 0. The van der Waals surface area contributed by atoms with Crippen LogP contribution >= 0.6 is 0 Å². The van der Waals surface area contributed by atoms with Crippen molar-refractivity contribution in [2.24, 2.45) is 0 Å². The average Bonchev–Trinajstić information content (AvgIpc) is 2.49. The molecule has 0 fully saturated rings. The SMILES string of the molecule is Cc1ccccc1CCN/C=C\N(C)c1ccccc1. The van der Waals surface area contributed by atoms with Crippen LogP contribution in [0.2, 0.25) is 0 Å². The lowest BCUT2D eigenvalue weighted by Crippen LogP contribution is -2.14. The quantitative estimate of drug-likeness (QED) is 0.801. The zero-order valence-electron chi connectivity index (χ0n) is 12.2. The molecule has 0 atom stereocenters. The minimum absolute atomic E-state index is 0.948. The molecule has 0 heterocycles. The number of benzene rings is 2. The average molecular weight is 266 g/mol. The van der Waals surface area contributed by atoms with Crippen LogP contribution in [-0.4, -0.2) is 13.6 Å². The molecule has 2 rings (SSSR count). The van der Waals surface area contributed by atoms with Crippen molar-refractivity contribution in [2.75, 3.05) is 18.5 Å². The highest BCUT2D eigenvalue weighted by Crippen LogP contribution is 2.10. The van der Waals surface area contributed by atoms with Crippen molar-refractivity contribution in [2.45, 2.75) is 13.3 Å². The van der Waals surface area contributed by atoms with E-state index in [2.05, 4.69) is 60.6 Å². The maximum absolute atomic E-state index is 3.34. The van der Waals surface area contributed by atoms with E-state index in [1.807, 2.05) is 30.6 Å². The van der Waals surface area contributed by atoms with Gasteiger partial charge in [-0.1, -0.05) is 42.5 Å². The zero-order chi connectivity index (χ0) is 14.2. The number of para-hydroxylation sites is 1. The van der Waals surface area contributed by atoms with Gasteiger partial charge in [0.2, 0.25) is 0 Å². The lowest BCUT2D eigenvalue weighted by molar-refractivity contribution is 0.824. The van der Waals surface area contributed by atoms with Gasteiger partial charge in [-0.25, -0.2) is 0 Å². The molecule has 2 aromatic carbocycles. The van der Waals surface area contributed by atoms with E-state index in [4.69, 9.17) is 0 Å². The Hall–Kier alpha value is -2.22. The molecule has 0 aliphatic rings. The molecule has 0 bridgehead atoms.